The number of esters is 2. The lowest BCUT2D eigenvalue weighted by molar-refractivity contribution is -0.246. The molecule has 9 heteroatoms. The molecule has 0 radical (unpaired) electrons. The lowest BCUT2D eigenvalue weighted by atomic mass is 9.89. The van der Waals surface area contributed by atoms with Crippen molar-refractivity contribution >= 4 is 26.0 Å². The van der Waals surface area contributed by atoms with Crippen molar-refractivity contribution in [2.24, 2.45) is 0 Å². The standard InChI is InChI=1S/C30H50O8Si/c1-10-11-12-13-14-15-20-30(38-39(7,8)9)21-19-26(33)25(30)17-16-18-27(36-24(3)32)28(22-35-23(2)31)37-29(4,5)34-6/h16-19,21,27-28H,10-15,20,22H2,1-9H3/t27-,28+,30?/m0/s1. The minimum absolute atomic E-state index is 0.0962. The average molecular weight is 567 g/mol. The van der Waals surface area contributed by atoms with Crippen molar-refractivity contribution in [1.29, 1.82) is 0 Å². The second-order valence-corrected chi connectivity index (χ2v) is 15.9. The van der Waals surface area contributed by atoms with Gasteiger partial charge < -0.3 is 23.4 Å². The highest BCUT2D eigenvalue weighted by molar-refractivity contribution is 6.70. The van der Waals surface area contributed by atoms with Crippen LogP contribution in [0.25, 0.3) is 0 Å². The first-order valence-corrected chi connectivity index (χ1v) is 17.4. The molecule has 0 aromatic carbocycles. The van der Waals surface area contributed by atoms with Crippen molar-refractivity contribution in [2.75, 3.05) is 13.7 Å². The number of methoxy groups -OCH3 is 1. The quantitative estimate of drug-likeness (QED) is 0.0635. The van der Waals surface area contributed by atoms with Gasteiger partial charge in [-0.3, -0.25) is 14.4 Å². The van der Waals surface area contributed by atoms with Crippen molar-refractivity contribution in [3.63, 3.8) is 0 Å². The first-order valence-electron chi connectivity index (χ1n) is 14.0. The zero-order valence-electron chi connectivity index (χ0n) is 25.5. The van der Waals surface area contributed by atoms with Crippen LogP contribution >= 0.6 is 0 Å². The number of ether oxygens (including phenoxy) is 4. The predicted molar refractivity (Wildman–Crippen MR) is 155 cm³/mol. The van der Waals surface area contributed by atoms with Crippen LogP contribution in [0.4, 0.5) is 0 Å². The number of hydrogen-bond donors (Lipinski definition) is 0. The molecule has 0 saturated heterocycles. The SMILES string of the molecule is CCCCCCCCC1(O[Si](C)(C)C)C=CC(=O)C1=CC=C[C@H](OC(C)=O)[C@@H](COC(C)=O)OC(C)(C)OC. The molecule has 1 rings (SSSR count). The third-order valence-corrected chi connectivity index (χ3v) is 7.20. The molecule has 222 valence electrons. The highest BCUT2D eigenvalue weighted by Crippen LogP contribution is 2.38. The van der Waals surface area contributed by atoms with Gasteiger partial charge in [-0.25, -0.2) is 0 Å². The van der Waals surface area contributed by atoms with Crippen LogP contribution in [0.2, 0.25) is 19.6 Å². The minimum atomic E-state index is -2.02. The second kappa shape index (κ2) is 16.3. The summed E-state index contributed by atoms with van der Waals surface area (Å²) in [5.74, 6) is -2.14. The summed E-state index contributed by atoms with van der Waals surface area (Å²) in [6.07, 6.45) is 14.4. The second-order valence-electron chi connectivity index (χ2n) is 11.4. The van der Waals surface area contributed by atoms with Gasteiger partial charge in [-0.05, 0) is 64.6 Å². The minimum Gasteiger partial charge on any atom is -0.463 e. The monoisotopic (exact) mass is 566 g/mol. The first kappa shape index (κ1) is 35.0. The van der Waals surface area contributed by atoms with Crippen molar-refractivity contribution < 1.29 is 37.8 Å². The van der Waals surface area contributed by atoms with Crippen LogP contribution in [0.1, 0.15) is 79.6 Å². The van der Waals surface area contributed by atoms with E-state index in [0.29, 0.717) is 5.57 Å². The van der Waals surface area contributed by atoms with E-state index in [-0.39, 0.29) is 12.4 Å². The number of allylic oxidation sites excluding steroid dienone is 3. The molecule has 0 spiro atoms. The third kappa shape index (κ3) is 13.2. The van der Waals surface area contributed by atoms with E-state index >= 15 is 0 Å². The molecule has 0 N–H and O–H groups in total. The van der Waals surface area contributed by atoms with E-state index < -0.39 is 43.9 Å². The predicted octanol–water partition coefficient (Wildman–Crippen LogP) is 6.21. The summed E-state index contributed by atoms with van der Waals surface area (Å²) in [6.45, 7) is 14.4. The Balaban J connectivity index is 3.29. The molecule has 3 atom stereocenters. The van der Waals surface area contributed by atoms with Gasteiger partial charge >= 0.3 is 11.9 Å². The summed E-state index contributed by atoms with van der Waals surface area (Å²) < 4.78 is 28.7. The summed E-state index contributed by atoms with van der Waals surface area (Å²) in [5, 5.41) is 0. The van der Waals surface area contributed by atoms with E-state index in [1.54, 1.807) is 38.2 Å². The van der Waals surface area contributed by atoms with Crippen molar-refractivity contribution in [1.82, 2.24) is 0 Å². The molecule has 0 fully saturated rings. The molecule has 1 aliphatic rings. The highest BCUT2D eigenvalue weighted by Gasteiger charge is 2.42. The number of ketones is 1. The smallest absolute Gasteiger partial charge is 0.303 e. The number of hydrogen-bond acceptors (Lipinski definition) is 8. The van der Waals surface area contributed by atoms with E-state index in [2.05, 4.69) is 26.6 Å². The Morgan fingerprint density at radius 2 is 1.69 bits per heavy atom. The fourth-order valence-corrected chi connectivity index (χ4v) is 5.77. The van der Waals surface area contributed by atoms with Gasteiger partial charge in [-0.2, -0.15) is 0 Å². The molecule has 0 saturated carbocycles. The Bertz CT molecular complexity index is 899. The van der Waals surface area contributed by atoms with Gasteiger partial charge in [0.15, 0.2) is 19.9 Å². The van der Waals surface area contributed by atoms with Crippen LogP contribution in [0.5, 0.6) is 0 Å². The number of carbonyl (C=O) groups is 3. The molecule has 0 heterocycles. The normalized spacial score (nSPS) is 20.5. The maximum Gasteiger partial charge on any atom is 0.303 e. The molecule has 0 aromatic rings. The lowest BCUT2D eigenvalue weighted by Crippen LogP contribution is -2.43. The molecule has 0 aromatic heterocycles. The van der Waals surface area contributed by atoms with E-state index in [0.717, 1.165) is 19.3 Å². The van der Waals surface area contributed by atoms with Gasteiger partial charge in [0.2, 0.25) is 0 Å². The van der Waals surface area contributed by atoms with Crippen molar-refractivity contribution in [3.8, 4) is 0 Å². The number of unbranched alkanes of at least 4 members (excludes halogenated alkanes) is 5. The fraction of sp³-hybridized carbons (Fsp3) is 0.700. The third-order valence-electron chi connectivity index (χ3n) is 6.23. The van der Waals surface area contributed by atoms with Crippen LogP contribution in [0.3, 0.4) is 0 Å². The highest BCUT2D eigenvalue weighted by atomic mass is 28.4. The number of carbonyl (C=O) groups excluding carboxylic acids is 3. The largest absolute Gasteiger partial charge is 0.463 e. The van der Waals surface area contributed by atoms with Crippen LogP contribution < -0.4 is 0 Å². The summed E-state index contributed by atoms with van der Waals surface area (Å²) in [7, 11) is -0.530. The Kier molecular flexibility index (Phi) is 14.6. The topological polar surface area (TPSA) is 97.4 Å². The summed E-state index contributed by atoms with van der Waals surface area (Å²) in [4.78, 5) is 36.4. The molecule has 0 amide bonds. The van der Waals surface area contributed by atoms with Gasteiger partial charge in [0.25, 0.3) is 0 Å². The molecular weight excluding hydrogens is 516 g/mol. The summed E-state index contributed by atoms with van der Waals surface area (Å²) in [5.41, 5.74) is -0.217. The van der Waals surface area contributed by atoms with E-state index in [1.807, 2.05) is 6.08 Å². The Labute approximate surface area is 236 Å². The Morgan fingerprint density at radius 1 is 1.05 bits per heavy atom. The van der Waals surface area contributed by atoms with Gasteiger partial charge in [-0.15, -0.1) is 0 Å². The van der Waals surface area contributed by atoms with Crippen LogP contribution in [0.15, 0.2) is 36.0 Å². The Morgan fingerprint density at radius 3 is 2.26 bits per heavy atom. The lowest BCUT2D eigenvalue weighted by Gasteiger charge is -2.36. The Hall–Kier alpha value is -2.07. The zero-order chi connectivity index (χ0) is 29.7. The zero-order valence-corrected chi connectivity index (χ0v) is 26.5. The van der Waals surface area contributed by atoms with E-state index in [1.165, 1.54) is 46.6 Å². The van der Waals surface area contributed by atoms with Gasteiger partial charge in [0, 0.05) is 26.5 Å². The van der Waals surface area contributed by atoms with Crippen LogP contribution in [0, 0.1) is 0 Å². The van der Waals surface area contributed by atoms with E-state index in [4.69, 9.17) is 23.4 Å². The first-order chi connectivity index (χ1) is 18.1. The van der Waals surface area contributed by atoms with Gasteiger partial charge in [0.05, 0.1) is 0 Å². The van der Waals surface area contributed by atoms with Crippen molar-refractivity contribution in [3.05, 3.63) is 36.0 Å². The maximum absolute atomic E-state index is 13.0. The van der Waals surface area contributed by atoms with E-state index in [9.17, 15) is 14.4 Å². The molecule has 1 unspecified atom stereocenters. The molecule has 8 nitrogen and oxygen atoms in total. The summed E-state index contributed by atoms with van der Waals surface area (Å²) in [6, 6.07) is 0. The maximum atomic E-state index is 13.0. The molecular formula is C30H50O8Si. The molecule has 39 heavy (non-hydrogen) atoms. The van der Waals surface area contributed by atoms with Crippen molar-refractivity contribution in [2.45, 2.75) is 123 Å². The van der Waals surface area contributed by atoms with Gasteiger partial charge in [0.1, 0.15) is 24.4 Å². The fourth-order valence-electron chi connectivity index (χ4n) is 4.39. The summed E-state index contributed by atoms with van der Waals surface area (Å²) >= 11 is 0. The van der Waals surface area contributed by atoms with Gasteiger partial charge in [-0.1, -0.05) is 51.2 Å². The van der Waals surface area contributed by atoms with Crippen LogP contribution in [-0.2, 0) is 37.8 Å². The number of rotatable bonds is 18. The van der Waals surface area contributed by atoms with Crippen LogP contribution in [-0.4, -0.2) is 63.4 Å². The molecule has 1 aliphatic carbocycles. The molecule has 0 bridgehead atoms. The average Bonchev–Trinajstić information content (AvgIpc) is 3.11. The molecule has 0 aliphatic heterocycles.